The lowest BCUT2D eigenvalue weighted by atomic mass is 10.1. The van der Waals surface area contributed by atoms with Gasteiger partial charge >= 0.3 is 0 Å². The fourth-order valence-electron chi connectivity index (χ4n) is 2.32. The summed E-state index contributed by atoms with van der Waals surface area (Å²) in [4.78, 5) is 23.7. The lowest BCUT2D eigenvalue weighted by molar-refractivity contribution is -0.120. The molecule has 4 nitrogen and oxygen atoms in total. The van der Waals surface area contributed by atoms with E-state index in [-0.39, 0.29) is 11.8 Å². The molecule has 4 heteroatoms. The van der Waals surface area contributed by atoms with Gasteiger partial charge in [0.05, 0.1) is 6.42 Å². The molecule has 1 aliphatic carbocycles. The summed E-state index contributed by atoms with van der Waals surface area (Å²) < 4.78 is 0. The molecule has 0 atom stereocenters. The second kappa shape index (κ2) is 7.59. The Labute approximate surface area is 141 Å². The Kier molecular flexibility index (Phi) is 5.06. The van der Waals surface area contributed by atoms with E-state index in [4.69, 9.17) is 0 Å². The van der Waals surface area contributed by atoms with Crippen molar-refractivity contribution in [3.63, 3.8) is 0 Å². The summed E-state index contributed by atoms with van der Waals surface area (Å²) in [7, 11) is 0. The molecule has 2 amide bonds. The molecule has 0 heterocycles. The van der Waals surface area contributed by atoms with Crippen molar-refractivity contribution in [3.05, 3.63) is 71.8 Å². The van der Waals surface area contributed by atoms with Gasteiger partial charge < -0.3 is 10.6 Å². The van der Waals surface area contributed by atoms with E-state index in [2.05, 4.69) is 10.6 Å². The lowest BCUT2D eigenvalue weighted by Gasteiger charge is -2.06. The molecular formula is C20H20N2O2. The van der Waals surface area contributed by atoms with Crippen LogP contribution in [0.2, 0.25) is 0 Å². The molecule has 122 valence electrons. The zero-order chi connectivity index (χ0) is 16.8. The highest BCUT2D eigenvalue weighted by Crippen LogP contribution is 2.19. The molecule has 2 aromatic rings. The van der Waals surface area contributed by atoms with Crippen LogP contribution in [0.1, 0.15) is 24.0 Å². The molecule has 0 bridgehead atoms. The number of amides is 2. The Morgan fingerprint density at radius 2 is 1.71 bits per heavy atom. The number of hydrogen-bond donors (Lipinski definition) is 2. The smallest absolute Gasteiger partial charge is 0.248 e. The van der Waals surface area contributed by atoms with Crippen molar-refractivity contribution in [1.29, 1.82) is 0 Å². The Balaban J connectivity index is 1.50. The molecule has 0 saturated heterocycles. The van der Waals surface area contributed by atoms with Gasteiger partial charge in [0.2, 0.25) is 11.8 Å². The Morgan fingerprint density at radius 3 is 2.38 bits per heavy atom. The minimum Gasteiger partial charge on any atom is -0.353 e. The van der Waals surface area contributed by atoms with Crippen molar-refractivity contribution in [3.8, 4) is 0 Å². The molecule has 24 heavy (non-hydrogen) atoms. The second-order valence-electron chi connectivity index (χ2n) is 5.95. The predicted molar refractivity (Wildman–Crippen MR) is 95.4 cm³/mol. The van der Waals surface area contributed by atoms with Crippen molar-refractivity contribution >= 4 is 23.6 Å². The highest BCUT2D eigenvalue weighted by Gasteiger charge is 2.22. The van der Waals surface area contributed by atoms with E-state index >= 15 is 0 Å². The fourth-order valence-corrected chi connectivity index (χ4v) is 2.32. The van der Waals surface area contributed by atoms with E-state index in [9.17, 15) is 9.59 Å². The predicted octanol–water partition coefficient (Wildman–Crippen LogP) is 3.16. The van der Waals surface area contributed by atoms with E-state index in [1.165, 1.54) is 6.08 Å². The van der Waals surface area contributed by atoms with Crippen LogP contribution in [0, 0.1) is 0 Å². The number of carbonyl (C=O) groups excluding carboxylic acids is 2. The summed E-state index contributed by atoms with van der Waals surface area (Å²) in [5.41, 5.74) is 2.62. The summed E-state index contributed by atoms with van der Waals surface area (Å²) in [5.74, 6) is -0.127. The van der Waals surface area contributed by atoms with Crippen LogP contribution < -0.4 is 10.6 Å². The molecule has 0 aromatic heterocycles. The van der Waals surface area contributed by atoms with Gasteiger partial charge in [0.25, 0.3) is 0 Å². The average molecular weight is 320 g/mol. The van der Waals surface area contributed by atoms with Crippen LogP contribution in [0.5, 0.6) is 0 Å². The quantitative estimate of drug-likeness (QED) is 0.803. The van der Waals surface area contributed by atoms with Gasteiger partial charge in [-0.05, 0) is 42.2 Å². The largest absolute Gasteiger partial charge is 0.353 e. The van der Waals surface area contributed by atoms with E-state index in [1.807, 2.05) is 54.6 Å². The van der Waals surface area contributed by atoms with Crippen LogP contribution in [-0.4, -0.2) is 17.9 Å². The molecule has 0 aliphatic heterocycles. The molecule has 2 aromatic carbocycles. The highest BCUT2D eigenvalue weighted by atomic mass is 16.2. The van der Waals surface area contributed by atoms with Crippen LogP contribution in [0.25, 0.3) is 6.08 Å². The van der Waals surface area contributed by atoms with Gasteiger partial charge in [-0.25, -0.2) is 0 Å². The summed E-state index contributed by atoms with van der Waals surface area (Å²) in [6, 6.07) is 17.4. The maximum Gasteiger partial charge on any atom is 0.248 e. The van der Waals surface area contributed by atoms with Gasteiger partial charge in [-0.3, -0.25) is 9.59 Å². The summed E-state index contributed by atoms with van der Waals surface area (Å²) >= 11 is 0. The van der Waals surface area contributed by atoms with E-state index < -0.39 is 0 Å². The third-order valence-electron chi connectivity index (χ3n) is 3.76. The van der Waals surface area contributed by atoms with E-state index in [1.54, 1.807) is 6.08 Å². The van der Waals surface area contributed by atoms with Crippen molar-refractivity contribution in [2.24, 2.45) is 0 Å². The molecule has 0 radical (unpaired) electrons. The highest BCUT2D eigenvalue weighted by molar-refractivity contribution is 6.01. The Bertz CT molecular complexity index is 732. The second-order valence-corrected chi connectivity index (χ2v) is 5.95. The minimum absolute atomic E-state index is 0.0556. The maximum absolute atomic E-state index is 11.9. The van der Waals surface area contributed by atoms with Crippen molar-refractivity contribution in [1.82, 2.24) is 5.32 Å². The van der Waals surface area contributed by atoms with E-state index in [0.29, 0.717) is 18.2 Å². The number of carbonyl (C=O) groups is 2. The van der Waals surface area contributed by atoms with Gasteiger partial charge in [0.15, 0.2) is 0 Å². The zero-order valence-corrected chi connectivity index (χ0v) is 13.4. The first-order chi connectivity index (χ1) is 11.7. The molecule has 1 fully saturated rings. The molecule has 0 spiro atoms. The summed E-state index contributed by atoms with van der Waals surface area (Å²) in [6.07, 6.45) is 5.83. The monoisotopic (exact) mass is 320 g/mol. The van der Waals surface area contributed by atoms with Crippen LogP contribution >= 0.6 is 0 Å². The van der Waals surface area contributed by atoms with E-state index in [0.717, 1.165) is 24.0 Å². The van der Waals surface area contributed by atoms with Gasteiger partial charge in [-0.2, -0.15) is 0 Å². The zero-order valence-electron chi connectivity index (χ0n) is 13.4. The van der Waals surface area contributed by atoms with Gasteiger partial charge in [0.1, 0.15) is 0 Å². The number of anilines is 1. The third-order valence-corrected chi connectivity index (χ3v) is 3.76. The van der Waals surface area contributed by atoms with Crippen molar-refractivity contribution in [2.45, 2.75) is 25.3 Å². The minimum atomic E-state index is -0.182. The summed E-state index contributed by atoms with van der Waals surface area (Å²) in [6.45, 7) is 0. The molecular weight excluding hydrogens is 300 g/mol. The number of hydrogen-bond acceptors (Lipinski definition) is 2. The standard InChI is InChI=1S/C20H20N2O2/c23-19(13-8-15-4-2-1-3-5-15)21-17-9-6-16(7-10-17)14-20(24)22-18-11-12-18/h1-10,13,18H,11-12,14H2,(H,21,23)(H,22,24)/b13-8+. The molecule has 1 saturated carbocycles. The van der Waals surface area contributed by atoms with Crippen LogP contribution in [0.4, 0.5) is 5.69 Å². The molecule has 0 unspecified atom stereocenters. The van der Waals surface area contributed by atoms with Crippen LogP contribution in [0.15, 0.2) is 60.7 Å². The fraction of sp³-hybridized carbons (Fsp3) is 0.200. The lowest BCUT2D eigenvalue weighted by Crippen LogP contribution is -2.26. The van der Waals surface area contributed by atoms with Gasteiger partial charge in [0, 0.05) is 17.8 Å². The van der Waals surface area contributed by atoms with Crippen molar-refractivity contribution < 1.29 is 9.59 Å². The third kappa shape index (κ3) is 5.09. The Hall–Kier alpha value is -2.88. The van der Waals surface area contributed by atoms with Crippen LogP contribution in [-0.2, 0) is 16.0 Å². The topological polar surface area (TPSA) is 58.2 Å². The Morgan fingerprint density at radius 1 is 1.00 bits per heavy atom. The summed E-state index contributed by atoms with van der Waals surface area (Å²) in [5, 5.41) is 5.77. The molecule has 2 N–H and O–H groups in total. The number of benzene rings is 2. The van der Waals surface area contributed by atoms with Crippen molar-refractivity contribution in [2.75, 3.05) is 5.32 Å². The molecule has 3 rings (SSSR count). The first kappa shape index (κ1) is 16.0. The van der Waals surface area contributed by atoms with Gasteiger partial charge in [-0.1, -0.05) is 42.5 Å². The maximum atomic E-state index is 11.9. The first-order valence-corrected chi connectivity index (χ1v) is 8.11. The normalized spacial score (nSPS) is 13.7. The SMILES string of the molecule is O=C(/C=C/c1ccccc1)Nc1ccc(CC(=O)NC2CC2)cc1. The number of nitrogens with one attached hydrogen (secondary N) is 2. The molecule has 1 aliphatic rings. The van der Waals surface area contributed by atoms with Crippen LogP contribution in [0.3, 0.4) is 0 Å². The van der Waals surface area contributed by atoms with Gasteiger partial charge in [-0.15, -0.1) is 0 Å². The average Bonchev–Trinajstić information content (AvgIpc) is 3.39. The first-order valence-electron chi connectivity index (χ1n) is 8.11. The number of rotatable bonds is 6.